The first kappa shape index (κ1) is 19.8. The fourth-order valence-electron chi connectivity index (χ4n) is 3.78. The molecule has 152 valence electrons. The number of benzene rings is 3. The van der Waals surface area contributed by atoms with E-state index in [2.05, 4.69) is 0 Å². The molecule has 0 aliphatic carbocycles. The highest BCUT2D eigenvalue weighted by Gasteiger charge is 2.50. The predicted molar refractivity (Wildman–Crippen MR) is 110 cm³/mol. The molecule has 0 spiro atoms. The Morgan fingerprint density at radius 3 is 2.60 bits per heavy atom. The van der Waals surface area contributed by atoms with Crippen LogP contribution in [0.1, 0.15) is 27.9 Å². The quantitative estimate of drug-likeness (QED) is 0.633. The molecule has 0 saturated heterocycles. The highest BCUT2D eigenvalue weighted by atomic mass is 19.1. The van der Waals surface area contributed by atoms with Crippen molar-refractivity contribution in [2.75, 3.05) is 12.0 Å². The number of amides is 1. The van der Waals surface area contributed by atoms with Crippen molar-refractivity contribution < 1.29 is 23.8 Å². The topological polar surface area (TPSA) is 66.8 Å². The molecule has 0 fully saturated rings. The monoisotopic (exact) mass is 405 g/mol. The average Bonchev–Trinajstić information content (AvgIpc) is 2.96. The van der Waals surface area contributed by atoms with Gasteiger partial charge in [0.25, 0.3) is 5.91 Å². The number of methoxy groups -OCH3 is 1. The molecule has 1 amide bonds. The van der Waals surface area contributed by atoms with Gasteiger partial charge in [-0.2, -0.15) is 0 Å². The minimum Gasteiger partial charge on any atom is -0.497 e. The lowest BCUT2D eigenvalue weighted by atomic mass is 9.88. The normalized spacial score (nSPS) is 17.7. The zero-order chi connectivity index (χ0) is 21.3. The molecule has 6 heteroatoms. The fourth-order valence-corrected chi connectivity index (χ4v) is 3.78. The Balaban J connectivity index is 1.67. The SMILES string of the molecule is COc1cccc(C(=O)CC2(O)C(=O)N(Cc3cccc(F)c3)c3ccccc32)c1. The van der Waals surface area contributed by atoms with Gasteiger partial charge in [0.15, 0.2) is 11.4 Å². The van der Waals surface area contributed by atoms with Gasteiger partial charge in [0, 0.05) is 11.1 Å². The van der Waals surface area contributed by atoms with Crippen LogP contribution in [0.5, 0.6) is 5.75 Å². The largest absolute Gasteiger partial charge is 0.497 e. The van der Waals surface area contributed by atoms with Gasteiger partial charge in [0.05, 0.1) is 25.8 Å². The van der Waals surface area contributed by atoms with Gasteiger partial charge in [-0.1, -0.05) is 42.5 Å². The maximum atomic E-state index is 13.6. The minimum absolute atomic E-state index is 0.0866. The number of carbonyl (C=O) groups excluding carboxylic acids is 2. The van der Waals surface area contributed by atoms with Crippen LogP contribution in [0.2, 0.25) is 0 Å². The zero-order valence-electron chi connectivity index (χ0n) is 16.3. The molecule has 0 radical (unpaired) electrons. The van der Waals surface area contributed by atoms with Gasteiger partial charge in [-0.05, 0) is 35.9 Å². The molecule has 1 heterocycles. The average molecular weight is 405 g/mol. The van der Waals surface area contributed by atoms with Crippen LogP contribution in [-0.2, 0) is 16.9 Å². The third-order valence-corrected chi connectivity index (χ3v) is 5.28. The van der Waals surface area contributed by atoms with E-state index in [-0.39, 0.29) is 12.3 Å². The van der Waals surface area contributed by atoms with Crippen molar-refractivity contribution in [3.8, 4) is 5.75 Å². The van der Waals surface area contributed by atoms with Crippen molar-refractivity contribution in [2.45, 2.75) is 18.6 Å². The lowest BCUT2D eigenvalue weighted by molar-refractivity contribution is -0.136. The number of fused-ring (bicyclic) bond motifs is 1. The highest BCUT2D eigenvalue weighted by Crippen LogP contribution is 2.43. The van der Waals surface area contributed by atoms with E-state index in [1.165, 1.54) is 24.1 Å². The summed E-state index contributed by atoms with van der Waals surface area (Å²) in [6, 6.07) is 19.3. The predicted octanol–water partition coefficient (Wildman–Crippen LogP) is 3.84. The first-order chi connectivity index (χ1) is 14.4. The summed E-state index contributed by atoms with van der Waals surface area (Å²) in [7, 11) is 1.50. The van der Waals surface area contributed by atoms with Crippen LogP contribution < -0.4 is 9.64 Å². The number of halogens is 1. The Kier molecular flexibility index (Phi) is 5.10. The number of hydrogen-bond acceptors (Lipinski definition) is 4. The molecule has 0 saturated carbocycles. The van der Waals surface area contributed by atoms with Crippen LogP contribution in [-0.4, -0.2) is 23.9 Å². The van der Waals surface area contributed by atoms with Gasteiger partial charge in [0.1, 0.15) is 11.6 Å². The Hall–Kier alpha value is -3.51. The van der Waals surface area contributed by atoms with E-state index >= 15 is 0 Å². The van der Waals surface area contributed by atoms with Gasteiger partial charge >= 0.3 is 0 Å². The van der Waals surface area contributed by atoms with Gasteiger partial charge in [-0.25, -0.2) is 4.39 Å². The van der Waals surface area contributed by atoms with Crippen molar-refractivity contribution in [3.63, 3.8) is 0 Å². The van der Waals surface area contributed by atoms with Crippen molar-refractivity contribution in [1.29, 1.82) is 0 Å². The maximum absolute atomic E-state index is 13.6. The zero-order valence-corrected chi connectivity index (χ0v) is 16.3. The van der Waals surface area contributed by atoms with E-state index in [0.717, 1.165) is 0 Å². The number of anilines is 1. The van der Waals surface area contributed by atoms with Crippen molar-refractivity contribution >= 4 is 17.4 Å². The van der Waals surface area contributed by atoms with E-state index in [4.69, 9.17) is 4.74 Å². The van der Waals surface area contributed by atoms with E-state index < -0.39 is 23.7 Å². The minimum atomic E-state index is -2.00. The lowest BCUT2D eigenvalue weighted by Gasteiger charge is -2.23. The molecule has 3 aromatic rings. The molecule has 1 unspecified atom stereocenters. The van der Waals surface area contributed by atoms with Crippen LogP contribution >= 0.6 is 0 Å². The Bertz CT molecular complexity index is 1130. The molecule has 1 atom stereocenters. The Morgan fingerprint density at radius 2 is 1.83 bits per heavy atom. The molecule has 3 aromatic carbocycles. The van der Waals surface area contributed by atoms with Crippen LogP contribution in [0, 0.1) is 5.82 Å². The molecular formula is C24H20FNO4. The van der Waals surface area contributed by atoms with Gasteiger partial charge < -0.3 is 14.7 Å². The molecule has 1 aliphatic heterocycles. The molecular weight excluding hydrogens is 385 g/mol. The number of carbonyl (C=O) groups is 2. The number of ketones is 1. The fraction of sp³-hybridized carbons (Fsp3) is 0.167. The number of Topliss-reactive ketones (excluding diaryl/α,β-unsaturated/α-hetero) is 1. The summed E-state index contributed by atoms with van der Waals surface area (Å²) in [4.78, 5) is 27.6. The van der Waals surface area contributed by atoms with Gasteiger partial charge in [-0.3, -0.25) is 9.59 Å². The molecule has 30 heavy (non-hydrogen) atoms. The Morgan fingerprint density at radius 1 is 1.07 bits per heavy atom. The molecule has 1 N–H and O–H groups in total. The van der Waals surface area contributed by atoms with Crippen molar-refractivity contribution in [3.05, 3.63) is 95.3 Å². The number of aliphatic hydroxyl groups is 1. The second-order valence-corrected chi connectivity index (χ2v) is 7.23. The van der Waals surface area contributed by atoms with Crippen LogP contribution in [0.4, 0.5) is 10.1 Å². The van der Waals surface area contributed by atoms with E-state index in [1.807, 2.05) is 0 Å². The van der Waals surface area contributed by atoms with Gasteiger partial charge in [-0.15, -0.1) is 0 Å². The molecule has 5 nitrogen and oxygen atoms in total. The van der Waals surface area contributed by atoms with Crippen molar-refractivity contribution in [1.82, 2.24) is 0 Å². The van der Waals surface area contributed by atoms with Crippen molar-refractivity contribution in [2.24, 2.45) is 0 Å². The summed E-state index contributed by atoms with van der Waals surface area (Å²) in [6.07, 6.45) is -0.407. The number of hydrogen-bond donors (Lipinski definition) is 1. The third-order valence-electron chi connectivity index (χ3n) is 5.28. The number of para-hydroxylation sites is 1. The van der Waals surface area contributed by atoms with E-state index in [1.54, 1.807) is 60.7 Å². The summed E-state index contributed by atoms with van der Waals surface area (Å²) in [5, 5.41) is 11.4. The summed E-state index contributed by atoms with van der Waals surface area (Å²) >= 11 is 0. The highest BCUT2D eigenvalue weighted by molar-refractivity contribution is 6.10. The third kappa shape index (κ3) is 3.46. The number of ether oxygens (including phenoxy) is 1. The summed E-state index contributed by atoms with van der Waals surface area (Å²) < 4.78 is 18.8. The second kappa shape index (κ2) is 7.72. The summed E-state index contributed by atoms with van der Waals surface area (Å²) in [5.41, 5.74) is -0.196. The first-order valence-electron chi connectivity index (χ1n) is 9.48. The van der Waals surface area contributed by atoms with E-state index in [9.17, 15) is 19.1 Å². The maximum Gasteiger partial charge on any atom is 0.264 e. The number of nitrogens with zero attached hydrogens (tertiary/aromatic N) is 1. The summed E-state index contributed by atoms with van der Waals surface area (Å²) in [5.74, 6) is -0.883. The lowest BCUT2D eigenvalue weighted by Crippen LogP contribution is -2.41. The standard InChI is InChI=1S/C24H20FNO4/c1-30-19-9-5-7-17(13-19)22(27)14-24(29)20-10-2-3-11-21(20)26(23(24)28)15-16-6-4-8-18(25)12-16/h2-13,29H,14-15H2,1H3. The van der Waals surface area contributed by atoms with Crippen LogP contribution in [0.15, 0.2) is 72.8 Å². The van der Waals surface area contributed by atoms with Crippen LogP contribution in [0.3, 0.4) is 0 Å². The Labute approximate surface area is 173 Å². The van der Waals surface area contributed by atoms with Crippen LogP contribution in [0.25, 0.3) is 0 Å². The second-order valence-electron chi connectivity index (χ2n) is 7.23. The summed E-state index contributed by atoms with van der Waals surface area (Å²) in [6.45, 7) is 0.0866. The van der Waals surface area contributed by atoms with E-state index in [0.29, 0.717) is 28.1 Å². The van der Waals surface area contributed by atoms with Gasteiger partial charge in [0.2, 0.25) is 0 Å². The molecule has 1 aliphatic rings. The molecule has 0 bridgehead atoms. The number of rotatable bonds is 6. The smallest absolute Gasteiger partial charge is 0.264 e. The molecule has 4 rings (SSSR count). The molecule has 0 aromatic heterocycles. The first-order valence-corrected chi connectivity index (χ1v) is 9.48.